The first-order chi connectivity index (χ1) is 65.0. The second-order valence-corrected chi connectivity index (χ2v) is 38.2. The normalized spacial score (nSPS) is 14.3. The van der Waals surface area contributed by atoms with Crippen LogP contribution in [0.1, 0.15) is 94.5 Å². The number of H-pyrrole nitrogens is 4. The molecule has 31 rings (SSSR count). The standard InChI is InChI=1S/C39H25N.C35H21N.C29H21N.C25H19N/c1-3-13-27(14-4-1)39(28-15-5-2-6-16-28)33-21-19-25-11-7-9-17-29(25)37(33)31-23-32-36(24-34(31)39)40-35-22-20-26-12-8-10-18-30(26)38(32)35;1-2-10-22-21(9-1)17-18-26-28-19-27-25-13-5-8-16-31(25)35(32(27)20-33(28)36-34(22)26)29-14-6-3-11-23(29)24-12-4-7-15-30(24)35;1-29(2)23-13-11-17-7-3-5-9-19(17)27(23)21-15-22-26(16-24(21)29)30-25-14-12-18-8-4-6-10-20(18)28(22)25;1-25(2)21-10-6-5-9-17(21)19-14-23-20(13-22(19)25)18-12-11-15-7-3-4-8-16(15)24(18)26-23/h1-24,40H;1-20,36H;3-16,30H,1-2H3;3-14,26H,1-2H3. The van der Waals surface area contributed by atoms with Crippen LogP contribution in [0.2, 0.25) is 0 Å². The van der Waals surface area contributed by atoms with E-state index in [0.717, 1.165) is 0 Å². The third-order valence-corrected chi connectivity index (χ3v) is 31.0. The van der Waals surface area contributed by atoms with E-state index in [0.29, 0.717) is 0 Å². The fraction of sp³-hybridized carbons (Fsp3) is 0.0625. The molecule has 0 radical (unpaired) electrons. The van der Waals surface area contributed by atoms with E-state index < -0.39 is 5.41 Å². The van der Waals surface area contributed by atoms with Gasteiger partial charge in [-0.2, -0.15) is 0 Å². The average molecular weight is 1680 g/mol. The van der Waals surface area contributed by atoms with Crippen LogP contribution in [0, 0.1) is 0 Å². The highest BCUT2D eigenvalue weighted by Gasteiger charge is 2.53. The molecular formula is C128H86N4. The Balaban J connectivity index is 0.0000000891. The predicted molar refractivity (Wildman–Crippen MR) is 557 cm³/mol. The maximum Gasteiger partial charge on any atom is 0.0726 e. The summed E-state index contributed by atoms with van der Waals surface area (Å²) in [6.07, 6.45) is 0. The van der Waals surface area contributed by atoms with E-state index in [1.807, 2.05) is 0 Å². The van der Waals surface area contributed by atoms with Crippen LogP contribution in [0.3, 0.4) is 0 Å². The number of benzene rings is 22. The minimum absolute atomic E-state index is 0.0117. The molecule has 22 aromatic carbocycles. The van der Waals surface area contributed by atoms with Crippen LogP contribution >= 0.6 is 0 Å². The third-order valence-electron chi connectivity index (χ3n) is 31.0. The van der Waals surface area contributed by atoms with E-state index in [4.69, 9.17) is 0 Å². The molecule has 5 aliphatic rings. The molecule has 0 saturated heterocycles. The van der Waals surface area contributed by atoms with Crippen molar-refractivity contribution in [3.63, 3.8) is 0 Å². The molecule has 26 aromatic rings. The Hall–Kier alpha value is -16.4. The van der Waals surface area contributed by atoms with Crippen molar-refractivity contribution in [1.82, 2.24) is 19.9 Å². The third kappa shape index (κ3) is 10.2. The predicted octanol–water partition coefficient (Wildman–Crippen LogP) is 33.5. The summed E-state index contributed by atoms with van der Waals surface area (Å²) in [5.74, 6) is 0. The molecule has 0 fully saturated rings. The molecule has 1 spiro atoms. The Labute approximate surface area is 762 Å². The number of aromatic amines is 4. The molecule has 0 amide bonds. The molecule has 0 saturated carbocycles. The van der Waals surface area contributed by atoms with Gasteiger partial charge in [-0.3, -0.25) is 0 Å². The molecular weight excluding hydrogens is 1590 g/mol. The Morgan fingerprint density at radius 2 is 0.477 bits per heavy atom. The summed E-state index contributed by atoms with van der Waals surface area (Å²) >= 11 is 0. The quantitative estimate of drug-likeness (QED) is 0.133. The van der Waals surface area contributed by atoms with E-state index in [2.05, 4.69) is 472 Å². The highest BCUT2D eigenvalue weighted by Crippen LogP contribution is 2.65. The van der Waals surface area contributed by atoms with Crippen molar-refractivity contribution in [2.45, 2.75) is 49.4 Å². The minimum atomic E-state index is -0.426. The molecule has 5 aliphatic carbocycles. The van der Waals surface area contributed by atoms with Crippen molar-refractivity contribution in [3.05, 3.63) is 491 Å². The molecule has 0 atom stereocenters. The maximum absolute atomic E-state index is 3.83. The van der Waals surface area contributed by atoms with Gasteiger partial charge in [0.15, 0.2) is 0 Å². The zero-order chi connectivity index (χ0) is 87.2. The largest absolute Gasteiger partial charge is 0.354 e. The number of aromatic nitrogens is 4. The minimum Gasteiger partial charge on any atom is -0.354 e. The molecule has 4 aromatic heterocycles. The SMILES string of the molecule is CC1(C)c2cc3[nH]c4ccc5ccccc5c4c3cc2-c2c1ccc1ccccc21.CC1(C)c2ccccc2-c2cc3[nH]c4c5ccccc5ccc4c3cc21.c1ccc(C2(c3ccccc3)c3cc4[nH]c5ccc6ccccc6c5c4cc3-c3c2ccc2ccccc32)cc1.c1ccc2c(c1)-c1ccccc1C21c2ccccc2-c2cc3c(cc21)[nH]c1c2ccccc2ccc31. The lowest BCUT2D eigenvalue weighted by Gasteiger charge is -2.34. The first-order valence-electron chi connectivity index (χ1n) is 46.4. The van der Waals surface area contributed by atoms with Gasteiger partial charge in [-0.1, -0.05) is 392 Å². The number of hydrogen-bond acceptors (Lipinski definition) is 0. The van der Waals surface area contributed by atoms with Crippen molar-refractivity contribution in [2.24, 2.45) is 0 Å². The molecule has 0 aliphatic heterocycles. The van der Waals surface area contributed by atoms with Crippen LogP contribution in [0.5, 0.6) is 0 Å². The summed E-state index contributed by atoms with van der Waals surface area (Å²) in [6.45, 7) is 9.40. The van der Waals surface area contributed by atoms with E-state index in [1.165, 1.54) is 274 Å². The van der Waals surface area contributed by atoms with E-state index in [1.54, 1.807) is 0 Å². The number of fused-ring (bicyclic) bond motifs is 43. The van der Waals surface area contributed by atoms with Crippen LogP contribution < -0.4 is 0 Å². The van der Waals surface area contributed by atoms with Crippen LogP contribution in [-0.2, 0) is 21.7 Å². The maximum atomic E-state index is 3.83. The van der Waals surface area contributed by atoms with E-state index in [-0.39, 0.29) is 16.2 Å². The monoisotopic (exact) mass is 1680 g/mol. The van der Waals surface area contributed by atoms with Crippen LogP contribution in [-0.4, -0.2) is 19.9 Å². The summed E-state index contributed by atoms with van der Waals surface area (Å²) < 4.78 is 0. The lowest BCUT2D eigenvalue weighted by Crippen LogP contribution is -2.28. The van der Waals surface area contributed by atoms with Crippen molar-refractivity contribution < 1.29 is 0 Å². The summed E-state index contributed by atoms with van der Waals surface area (Å²) in [4.78, 5) is 15.0. The van der Waals surface area contributed by atoms with Gasteiger partial charge in [0, 0.05) is 97.8 Å². The number of rotatable bonds is 2. The van der Waals surface area contributed by atoms with Crippen LogP contribution in [0.25, 0.3) is 207 Å². The molecule has 132 heavy (non-hydrogen) atoms. The first kappa shape index (κ1) is 74.7. The Bertz CT molecular complexity index is 9410. The van der Waals surface area contributed by atoms with E-state index >= 15 is 0 Å². The second-order valence-electron chi connectivity index (χ2n) is 38.2. The number of hydrogen-bond donors (Lipinski definition) is 4. The van der Waals surface area contributed by atoms with Gasteiger partial charge in [0.2, 0.25) is 0 Å². The fourth-order valence-corrected chi connectivity index (χ4v) is 25.2. The number of nitrogens with one attached hydrogen (secondary N) is 4. The summed E-state index contributed by atoms with van der Waals surface area (Å²) in [6, 6.07) is 157. The van der Waals surface area contributed by atoms with Crippen molar-refractivity contribution in [1.29, 1.82) is 0 Å². The molecule has 4 nitrogen and oxygen atoms in total. The highest BCUT2D eigenvalue weighted by molar-refractivity contribution is 6.25. The van der Waals surface area contributed by atoms with Gasteiger partial charge >= 0.3 is 0 Å². The van der Waals surface area contributed by atoms with Gasteiger partial charge in [-0.25, -0.2) is 0 Å². The van der Waals surface area contributed by atoms with Gasteiger partial charge in [0.25, 0.3) is 0 Å². The zero-order valence-corrected chi connectivity index (χ0v) is 73.4. The first-order valence-corrected chi connectivity index (χ1v) is 46.4. The smallest absolute Gasteiger partial charge is 0.0726 e. The average Bonchev–Trinajstić information content (AvgIpc) is 1.51. The topological polar surface area (TPSA) is 63.2 Å². The summed E-state index contributed by atoms with van der Waals surface area (Å²) in [5, 5.41) is 26.0. The second kappa shape index (κ2) is 27.6. The van der Waals surface area contributed by atoms with Gasteiger partial charge in [0.05, 0.1) is 21.9 Å². The fourth-order valence-electron chi connectivity index (χ4n) is 25.2. The molecule has 4 heterocycles. The van der Waals surface area contributed by atoms with Gasteiger partial charge in [-0.15, -0.1) is 0 Å². The van der Waals surface area contributed by atoms with Gasteiger partial charge in [0.1, 0.15) is 0 Å². The molecule has 4 N–H and O–H groups in total. The summed E-state index contributed by atoms with van der Waals surface area (Å²) in [7, 11) is 0. The van der Waals surface area contributed by atoms with Gasteiger partial charge < -0.3 is 19.9 Å². The lowest BCUT2D eigenvalue weighted by molar-refractivity contribution is 0.661. The van der Waals surface area contributed by atoms with Crippen LogP contribution in [0.15, 0.2) is 425 Å². The highest BCUT2D eigenvalue weighted by atomic mass is 14.7. The molecule has 4 heteroatoms. The van der Waals surface area contributed by atoms with Gasteiger partial charge in [-0.05, 0) is 237 Å². The summed E-state index contributed by atoms with van der Waals surface area (Å²) in [5.41, 5.74) is 39.1. The Kier molecular flexibility index (Phi) is 15.6. The Morgan fingerprint density at radius 3 is 0.985 bits per heavy atom. The van der Waals surface area contributed by atoms with Crippen molar-refractivity contribution in [3.8, 4) is 55.6 Å². The molecule has 618 valence electrons. The zero-order valence-electron chi connectivity index (χ0n) is 73.4. The Morgan fingerprint density at radius 1 is 0.159 bits per heavy atom. The van der Waals surface area contributed by atoms with Crippen molar-refractivity contribution in [2.75, 3.05) is 0 Å². The molecule has 0 unspecified atom stereocenters. The van der Waals surface area contributed by atoms with Crippen molar-refractivity contribution >= 4 is 152 Å². The molecule has 0 bridgehead atoms. The van der Waals surface area contributed by atoms with Crippen LogP contribution in [0.4, 0.5) is 0 Å². The lowest BCUT2D eigenvalue weighted by atomic mass is 9.67. The van der Waals surface area contributed by atoms with E-state index in [9.17, 15) is 0 Å².